The van der Waals surface area contributed by atoms with Crippen LogP contribution in [-0.2, 0) is 6.42 Å². The summed E-state index contributed by atoms with van der Waals surface area (Å²) in [5.41, 5.74) is 9.74. The number of furan rings is 1. The molecular formula is C12H13NO. The predicted molar refractivity (Wildman–Crippen MR) is 56.1 cm³/mol. The van der Waals surface area contributed by atoms with Crippen LogP contribution in [0.1, 0.15) is 30.0 Å². The summed E-state index contributed by atoms with van der Waals surface area (Å²) >= 11 is 0. The summed E-state index contributed by atoms with van der Waals surface area (Å²) in [6.07, 6.45) is 5.18. The Morgan fingerprint density at radius 1 is 1.36 bits per heavy atom. The first-order valence-corrected chi connectivity index (χ1v) is 5.10. The highest BCUT2D eigenvalue weighted by Gasteiger charge is 2.17. The van der Waals surface area contributed by atoms with E-state index >= 15 is 0 Å². The lowest BCUT2D eigenvalue weighted by molar-refractivity contribution is 0.568. The van der Waals surface area contributed by atoms with Crippen LogP contribution in [0.3, 0.4) is 0 Å². The van der Waals surface area contributed by atoms with Crippen LogP contribution >= 0.6 is 0 Å². The summed E-state index contributed by atoms with van der Waals surface area (Å²) in [5, 5.41) is 1.17. The molecule has 0 radical (unpaired) electrons. The van der Waals surface area contributed by atoms with Crippen LogP contribution in [0, 0.1) is 0 Å². The Morgan fingerprint density at radius 2 is 2.29 bits per heavy atom. The maximum absolute atomic E-state index is 6.08. The van der Waals surface area contributed by atoms with E-state index < -0.39 is 0 Å². The minimum atomic E-state index is 0.220. The van der Waals surface area contributed by atoms with Crippen molar-refractivity contribution in [2.75, 3.05) is 0 Å². The van der Waals surface area contributed by atoms with Crippen LogP contribution in [0.15, 0.2) is 28.9 Å². The first-order chi connectivity index (χ1) is 6.84. The van der Waals surface area contributed by atoms with Crippen molar-refractivity contribution in [2.24, 2.45) is 5.73 Å². The first kappa shape index (κ1) is 8.06. The zero-order valence-electron chi connectivity index (χ0n) is 7.99. The van der Waals surface area contributed by atoms with Crippen LogP contribution in [0.25, 0.3) is 11.0 Å². The summed E-state index contributed by atoms with van der Waals surface area (Å²) in [7, 11) is 0. The second kappa shape index (κ2) is 2.85. The minimum Gasteiger partial charge on any atom is -0.464 e. The topological polar surface area (TPSA) is 39.2 Å². The number of nitrogens with two attached hydrogens (primary N) is 1. The van der Waals surface area contributed by atoms with Gasteiger partial charge < -0.3 is 10.2 Å². The number of fused-ring (bicyclic) bond motifs is 2. The smallest absolute Gasteiger partial charge is 0.134 e. The lowest BCUT2D eigenvalue weighted by Crippen LogP contribution is -2.17. The van der Waals surface area contributed by atoms with Crippen LogP contribution in [-0.4, -0.2) is 0 Å². The van der Waals surface area contributed by atoms with Gasteiger partial charge in [-0.05, 0) is 48.6 Å². The molecule has 0 amide bonds. The fourth-order valence-electron chi connectivity index (χ4n) is 2.30. The summed E-state index contributed by atoms with van der Waals surface area (Å²) in [6.45, 7) is 0. The van der Waals surface area contributed by atoms with E-state index in [-0.39, 0.29) is 6.04 Å². The average molecular weight is 187 g/mol. The molecule has 2 nitrogen and oxygen atoms in total. The third-order valence-corrected chi connectivity index (χ3v) is 3.07. The molecule has 14 heavy (non-hydrogen) atoms. The van der Waals surface area contributed by atoms with E-state index in [1.807, 2.05) is 6.07 Å². The van der Waals surface area contributed by atoms with E-state index in [4.69, 9.17) is 10.2 Å². The standard InChI is InChI=1S/C12H13NO/c13-11-3-1-2-8-7-12-9(4-5-14-12)6-10(8)11/h4-7,11H,1-3,13H2. The molecule has 1 unspecified atom stereocenters. The van der Waals surface area contributed by atoms with Gasteiger partial charge in [-0.3, -0.25) is 0 Å². The predicted octanol–water partition coefficient (Wildman–Crippen LogP) is 2.77. The molecule has 1 aliphatic carbocycles. The van der Waals surface area contributed by atoms with Gasteiger partial charge in [-0.25, -0.2) is 0 Å². The second-order valence-electron chi connectivity index (χ2n) is 4.01. The molecule has 0 bridgehead atoms. The minimum absolute atomic E-state index is 0.220. The highest BCUT2D eigenvalue weighted by Crippen LogP contribution is 2.31. The Balaban J connectivity index is 2.27. The normalized spacial score (nSPS) is 21.1. The quantitative estimate of drug-likeness (QED) is 0.688. The Hall–Kier alpha value is -1.28. The third kappa shape index (κ3) is 1.07. The Labute approximate surface area is 82.7 Å². The van der Waals surface area contributed by atoms with E-state index in [0.717, 1.165) is 18.4 Å². The van der Waals surface area contributed by atoms with Crippen molar-refractivity contribution in [3.8, 4) is 0 Å². The van der Waals surface area contributed by atoms with Gasteiger partial charge in [0.05, 0.1) is 6.26 Å². The van der Waals surface area contributed by atoms with Crippen LogP contribution in [0.5, 0.6) is 0 Å². The van der Waals surface area contributed by atoms with E-state index in [2.05, 4.69) is 12.1 Å². The molecule has 2 aromatic rings. The van der Waals surface area contributed by atoms with Crippen molar-refractivity contribution in [1.29, 1.82) is 0 Å². The van der Waals surface area contributed by atoms with Gasteiger partial charge in [0.1, 0.15) is 5.58 Å². The Morgan fingerprint density at radius 3 is 3.21 bits per heavy atom. The molecule has 3 rings (SSSR count). The number of benzene rings is 1. The van der Waals surface area contributed by atoms with Crippen molar-refractivity contribution >= 4 is 11.0 Å². The lowest BCUT2D eigenvalue weighted by atomic mass is 9.87. The number of hydrogen-bond acceptors (Lipinski definition) is 2. The summed E-state index contributed by atoms with van der Waals surface area (Å²) in [5.74, 6) is 0. The second-order valence-corrected chi connectivity index (χ2v) is 4.01. The van der Waals surface area contributed by atoms with Crippen molar-refractivity contribution < 1.29 is 4.42 Å². The van der Waals surface area contributed by atoms with Crippen LogP contribution in [0.2, 0.25) is 0 Å². The van der Waals surface area contributed by atoms with E-state index in [0.29, 0.717) is 0 Å². The lowest BCUT2D eigenvalue weighted by Gasteiger charge is -2.21. The molecule has 0 saturated heterocycles. The average Bonchev–Trinajstić information content (AvgIpc) is 2.62. The molecule has 0 aliphatic heterocycles. The molecule has 2 N–H and O–H groups in total. The van der Waals surface area contributed by atoms with Gasteiger partial charge in [-0.1, -0.05) is 0 Å². The van der Waals surface area contributed by atoms with E-state index in [9.17, 15) is 0 Å². The summed E-state index contributed by atoms with van der Waals surface area (Å²) in [4.78, 5) is 0. The van der Waals surface area contributed by atoms with E-state index in [1.165, 1.54) is 22.9 Å². The van der Waals surface area contributed by atoms with Crippen LogP contribution in [0.4, 0.5) is 0 Å². The summed E-state index contributed by atoms with van der Waals surface area (Å²) < 4.78 is 5.38. The van der Waals surface area contributed by atoms with Crippen molar-refractivity contribution in [1.82, 2.24) is 0 Å². The van der Waals surface area contributed by atoms with Crippen molar-refractivity contribution in [3.05, 3.63) is 35.6 Å². The fourth-order valence-corrected chi connectivity index (χ4v) is 2.30. The first-order valence-electron chi connectivity index (χ1n) is 5.10. The van der Waals surface area contributed by atoms with Gasteiger partial charge in [-0.2, -0.15) is 0 Å². The third-order valence-electron chi connectivity index (χ3n) is 3.07. The van der Waals surface area contributed by atoms with Gasteiger partial charge in [-0.15, -0.1) is 0 Å². The van der Waals surface area contributed by atoms with Gasteiger partial charge in [0.25, 0.3) is 0 Å². The van der Waals surface area contributed by atoms with Gasteiger partial charge >= 0.3 is 0 Å². The molecule has 1 aromatic carbocycles. The molecule has 0 saturated carbocycles. The maximum atomic E-state index is 6.08. The molecule has 1 atom stereocenters. The van der Waals surface area contributed by atoms with Gasteiger partial charge in [0.15, 0.2) is 0 Å². The number of hydrogen-bond donors (Lipinski definition) is 1. The van der Waals surface area contributed by atoms with Crippen molar-refractivity contribution in [3.63, 3.8) is 0 Å². The molecule has 0 fully saturated rings. The molecule has 2 heteroatoms. The van der Waals surface area contributed by atoms with Gasteiger partial charge in [0.2, 0.25) is 0 Å². The molecule has 1 heterocycles. The fraction of sp³-hybridized carbons (Fsp3) is 0.333. The maximum Gasteiger partial charge on any atom is 0.134 e. The Kier molecular flexibility index (Phi) is 1.64. The van der Waals surface area contributed by atoms with Crippen molar-refractivity contribution in [2.45, 2.75) is 25.3 Å². The molecule has 1 aromatic heterocycles. The SMILES string of the molecule is NC1CCCc2cc3occc3cc21. The van der Waals surface area contributed by atoms with Crippen LogP contribution < -0.4 is 5.73 Å². The van der Waals surface area contributed by atoms with E-state index in [1.54, 1.807) is 6.26 Å². The zero-order chi connectivity index (χ0) is 9.54. The zero-order valence-corrected chi connectivity index (χ0v) is 7.99. The molecule has 72 valence electrons. The monoisotopic (exact) mass is 187 g/mol. The largest absolute Gasteiger partial charge is 0.464 e. The number of aryl methyl sites for hydroxylation is 1. The molecule has 0 spiro atoms. The summed E-state index contributed by atoms with van der Waals surface area (Å²) in [6, 6.07) is 6.54. The highest BCUT2D eigenvalue weighted by atomic mass is 16.3. The number of rotatable bonds is 0. The Bertz CT molecular complexity index is 472. The molecule has 1 aliphatic rings. The molecular weight excluding hydrogens is 174 g/mol. The highest BCUT2D eigenvalue weighted by molar-refractivity contribution is 5.79. The van der Waals surface area contributed by atoms with Gasteiger partial charge in [0, 0.05) is 11.4 Å².